The molecule has 0 heterocycles. The van der Waals surface area contributed by atoms with Gasteiger partial charge in [0.15, 0.2) is 0 Å². The predicted molar refractivity (Wildman–Crippen MR) is 101 cm³/mol. The van der Waals surface area contributed by atoms with E-state index in [0.29, 0.717) is 12.1 Å². The van der Waals surface area contributed by atoms with Crippen molar-refractivity contribution < 1.29 is 22.8 Å². The van der Waals surface area contributed by atoms with Gasteiger partial charge in [-0.15, -0.1) is 0 Å². The number of rotatable bonds is 7. The number of nitrogens with zero attached hydrogens (tertiary/aromatic N) is 1. The second-order valence-corrected chi connectivity index (χ2v) is 6.52. The number of hydrogen-bond donors (Lipinski definition) is 2. The summed E-state index contributed by atoms with van der Waals surface area (Å²) in [4.78, 5) is 26.3. The van der Waals surface area contributed by atoms with E-state index in [0.717, 1.165) is 25.1 Å². The number of benzene rings is 2. The highest BCUT2D eigenvalue weighted by atomic mass is 19.4. The third-order valence-electron chi connectivity index (χ3n) is 3.92. The molecule has 0 aliphatic heterocycles. The molecule has 0 spiro atoms. The Morgan fingerprint density at radius 2 is 1.57 bits per heavy atom. The molecular formula is C20H22F3N3O2. The van der Waals surface area contributed by atoms with E-state index in [1.54, 1.807) is 0 Å². The van der Waals surface area contributed by atoms with E-state index in [1.807, 2.05) is 19.0 Å². The van der Waals surface area contributed by atoms with Gasteiger partial charge in [0.2, 0.25) is 0 Å². The number of amides is 2. The fourth-order valence-electron chi connectivity index (χ4n) is 2.45. The van der Waals surface area contributed by atoms with E-state index >= 15 is 0 Å². The molecule has 150 valence electrons. The van der Waals surface area contributed by atoms with Gasteiger partial charge in [0.25, 0.3) is 11.8 Å². The maximum atomic E-state index is 12.7. The molecule has 5 nitrogen and oxygen atoms in total. The van der Waals surface area contributed by atoms with Crippen molar-refractivity contribution in [2.75, 3.05) is 32.5 Å². The van der Waals surface area contributed by atoms with Gasteiger partial charge in [-0.25, -0.2) is 0 Å². The second-order valence-electron chi connectivity index (χ2n) is 6.52. The first kappa shape index (κ1) is 21.4. The first-order chi connectivity index (χ1) is 13.2. The largest absolute Gasteiger partial charge is 0.416 e. The van der Waals surface area contributed by atoms with Crippen LogP contribution in [0.5, 0.6) is 0 Å². The van der Waals surface area contributed by atoms with Gasteiger partial charge < -0.3 is 15.5 Å². The van der Waals surface area contributed by atoms with Crippen LogP contribution in [0.1, 0.15) is 32.7 Å². The molecule has 2 N–H and O–H groups in total. The smallest absolute Gasteiger partial charge is 0.352 e. The Hall–Kier alpha value is -2.87. The molecule has 0 aromatic heterocycles. The summed E-state index contributed by atoms with van der Waals surface area (Å²) < 4.78 is 38.2. The molecule has 0 fully saturated rings. The maximum Gasteiger partial charge on any atom is 0.416 e. The molecule has 2 aromatic carbocycles. The van der Waals surface area contributed by atoms with Crippen molar-refractivity contribution in [3.63, 3.8) is 0 Å². The molecule has 2 rings (SSSR count). The Morgan fingerprint density at radius 1 is 0.964 bits per heavy atom. The molecule has 0 saturated carbocycles. The molecule has 2 amide bonds. The molecular weight excluding hydrogens is 371 g/mol. The molecule has 0 aliphatic rings. The fraction of sp³-hybridized carbons (Fsp3) is 0.300. The Bertz CT molecular complexity index is 818. The van der Waals surface area contributed by atoms with Crippen LogP contribution in [-0.2, 0) is 6.18 Å². The Balaban J connectivity index is 1.95. The van der Waals surface area contributed by atoms with Gasteiger partial charge in [-0.1, -0.05) is 6.07 Å². The minimum absolute atomic E-state index is 0.0440. The first-order valence-corrected chi connectivity index (χ1v) is 8.68. The van der Waals surface area contributed by atoms with E-state index < -0.39 is 17.6 Å². The van der Waals surface area contributed by atoms with Crippen molar-refractivity contribution in [3.05, 3.63) is 65.2 Å². The summed E-state index contributed by atoms with van der Waals surface area (Å²) in [6.45, 7) is 1.39. The summed E-state index contributed by atoms with van der Waals surface area (Å²) in [6.07, 6.45) is -3.67. The number of hydrogen-bond acceptors (Lipinski definition) is 3. The zero-order chi connectivity index (χ0) is 20.7. The summed E-state index contributed by atoms with van der Waals surface area (Å²) in [5.74, 6) is -0.805. The van der Waals surface area contributed by atoms with Crippen molar-refractivity contribution >= 4 is 17.5 Å². The highest BCUT2D eigenvalue weighted by Gasteiger charge is 2.30. The van der Waals surface area contributed by atoms with Crippen LogP contribution < -0.4 is 10.6 Å². The van der Waals surface area contributed by atoms with Crippen LogP contribution in [0.15, 0.2) is 48.5 Å². The van der Waals surface area contributed by atoms with Crippen molar-refractivity contribution in [2.45, 2.75) is 12.6 Å². The zero-order valence-corrected chi connectivity index (χ0v) is 15.6. The number of anilines is 1. The number of halogens is 3. The SMILES string of the molecule is CN(C)CCCNC(=O)c1ccc(C(=O)Nc2cccc(C(F)(F)F)c2)cc1. The number of carbonyl (C=O) groups is 2. The molecule has 0 atom stereocenters. The van der Waals surface area contributed by atoms with E-state index in [1.165, 1.54) is 36.4 Å². The van der Waals surface area contributed by atoms with Crippen LogP contribution >= 0.6 is 0 Å². The molecule has 2 aromatic rings. The Kier molecular flexibility index (Phi) is 7.17. The topological polar surface area (TPSA) is 61.4 Å². The summed E-state index contributed by atoms with van der Waals surface area (Å²) in [5, 5.41) is 5.22. The van der Waals surface area contributed by atoms with E-state index in [-0.39, 0.29) is 17.2 Å². The quantitative estimate of drug-likeness (QED) is 0.706. The summed E-state index contributed by atoms with van der Waals surface area (Å²) in [6, 6.07) is 10.3. The Labute approximate surface area is 161 Å². The highest BCUT2D eigenvalue weighted by molar-refractivity contribution is 6.05. The lowest BCUT2D eigenvalue weighted by Crippen LogP contribution is -2.27. The fourth-order valence-corrected chi connectivity index (χ4v) is 2.45. The average molecular weight is 393 g/mol. The standard InChI is InChI=1S/C20H22F3N3O2/c1-26(2)12-4-11-24-18(27)14-7-9-15(10-8-14)19(28)25-17-6-3-5-16(13-17)20(21,22)23/h3,5-10,13H,4,11-12H2,1-2H3,(H,24,27)(H,25,28). The first-order valence-electron chi connectivity index (χ1n) is 8.68. The third-order valence-corrected chi connectivity index (χ3v) is 3.92. The average Bonchev–Trinajstić information content (AvgIpc) is 2.64. The van der Waals surface area contributed by atoms with Crippen molar-refractivity contribution in [2.24, 2.45) is 0 Å². The summed E-state index contributed by atoms with van der Waals surface area (Å²) in [5.41, 5.74) is -0.156. The van der Waals surface area contributed by atoms with Gasteiger partial charge in [-0.3, -0.25) is 9.59 Å². The maximum absolute atomic E-state index is 12.7. The minimum Gasteiger partial charge on any atom is -0.352 e. The van der Waals surface area contributed by atoms with Crippen LogP contribution in [0.4, 0.5) is 18.9 Å². The molecule has 8 heteroatoms. The lowest BCUT2D eigenvalue weighted by molar-refractivity contribution is -0.137. The van der Waals surface area contributed by atoms with Crippen LogP contribution in [0, 0.1) is 0 Å². The number of alkyl halides is 3. The van der Waals surface area contributed by atoms with Gasteiger partial charge in [0.05, 0.1) is 5.56 Å². The van der Waals surface area contributed by atoms with Gasteiger partial charge in [0.1, 0.15) is 0 Å². The van der Waals surface area contributed by atoms with E-state index in [2.05, 4.69) is 10.6 Å². The van der Waals surface area contributed by atoms with Crippen LogP contribution in [0.25, 0.3) is 0 Å². The summed E-state index contributed by atoms with van der Waals surface area (Å²) in [7, 11) is 3.90. The van der Waals surface area contributed by atoms with E-state index in [9.17, 15) is 22.8 Å². The summed E-state index contributed by atoms with van der Waals surface area (Å²) >= 11 is 0. The van der Waals surface area contributed by atoms with Crippen LogP contribution in [0.2, 0.25) is 0 Å². The highest BCUT2D eigenvalue weighted by Crippen LogP contribution is 2.30. The van der Waals surface area contributed by atoms with Crippen LogP contribution in [0.3, 0.4) is 0 Å². The van der Waals surface area contributed by atoms with Gasteiger partial charge in [-0.2, -0.15) is 13.2 Å². The van der Waals surface area contributed by atoms with Gasteiger partial charge in [0, 0.05) is 23.4 Å². The molecule has 0 aliphatic carbocycles. The van der Waals surface area contributed by atoms with Crippen molar-refractivity contribution in [1.29, 1.82) is 0 Å². The Morgan fingerprint density at radius 3 is 2.14 bits per heavy atom. The lowest BCUT2D eigenvalue weighted by atomic mass is 10.1. The lowest BCUT2D eigenvalue weighted by Gasteiger charge is -2.11. The molecule has 0 radical (unpaired) electrons. The van der Waals surface area contributed by atoms with Gasteiger partial charge >= 0.3 is 6.18 Å². The second kappa shape index (κ2) is 9.36. The van der Waals surface area contributed by atoms with Crippen LogP contribution in [-0.4, -0.2) is 43.9 Å². The normalized spacial score (nSPS) is 11.4. The number of nitrogens with one attached hydrogen (secondary N) is 2. The van der Waals surface area contributed by atoms with E-state index in [4.69, 9.17) is 0 Å². The molecule has 0 saturated heterocycles. The van der Waals surface area contributed by atoms with Crippen molar-refractivity contribution in [3.8, 4) is 0 Å². The molecule has 28 heavy (non-hydrogen) atoms. The van der Waals surface area contributed by atoms with Gasteiger partial charge in [-0.05, 0) is 69.5 Å². The minimum atomic E-state index is -4.48. The zero-order valence-electron chi connectivity index (χ0n) is 15.6. The number of carbonyl (C=O) groups excluding carboxylic acids is 2. The molecule has 0 unspecified atom stereocenters. The molecule has 0 bridgehead atoms. The third kappa shape index (κ3) is 6.38. The van der Waals surface area contributed by atoms with Crippen molar-refractivity contribution in [1.82, 2.24) is 10.2 Å². The predicted octanol–water partition coefficient (Wildman–Crippen LogP) is 3.64. The monoisotopic (exact) mass is 393 g/mol.